The van der Waals surface area contributed by atoms with E-state index < -0.39 is 27.3 Å². The Balaban J connectivity index is 0. The van der Waals surface area contributed by atoms with Gasteiger partial charge >= 0.3 is 0 Å². The molecule has 108 valence electrons. The van der Waals surface area contributed by atoms with Crippen molar-refractivity contribution in [3.05, 3.63) is 12.7 Å². The Morgan fingerprint density at radius 1 is 1.44 bits per heavy atom. The fourth-order valence-electron chi connectivity index (χ4n) is 0.920. The standard InChI is InChI=1S/C7H13NO4S.C2H7NO2/c1-4-6(9)8-7(2,3)5-13(10,11)12;4-1-3-2-5/h4H,1,5H2,2-3H3,(H,8,9)(H,10,11,12);3-5H,1-2H2. The molecule has 0 unspecified atom stereocenters. The summed E-state index contributed by atoms with van der Waals surface area (Å²) < 4.78 is 31.2. The van der Waals surface area contributed by atoms with Gasteiger partial charge in [-0.2, -0.15) is 0 Å². The molecule has 0 heterocycles. The normalized spacial score (nSPS) is 11.2. The molecule has 0 fully saturated rings. The maximum atomic E-state index is 10.8. The molecule has 18 heavy (non-hydrogen) atoms. The van der Waals surface area contributed by atoms with Gasteiger partial charge in [-0.3, -0.25) is 4.79 Å². The molecule has 0 spiro atoms. The lowest BCUT2D eigenvalue weighted by molar-refractivity contribution is -0.710. The van der Waals surface area contributed by atoms with Gasteiger partial charge in [-0.05, 0) is 19.9 Å². The van der Waals surface area contributed by atoms with Crippen molar-refractivity contribution in [3.8, 4) is 0 Å². The molecule has 9 heteroatoms. The highest BCUT2D eigenvalue weighted by Gasteiger charge is 2.21. The molecule has 0 radical (unpaired) electrons. The van der Waals surface area contributed by atoms with Gasteiger partial charge in [0.2, 0.25) is 5.91 Å². The van der Waals surface area contributed by atoms with Crippen LogP contribution in [0.3, 0.4) is 0 Å². The lowest BCUT2D eigenvalue weighted by atomic mass is 10.1. The Morgan fingerprint density at radius 2 is 1.89 bits per heavy atom. The van der Waals surface area contributed by atoms with Crippen LogP contribution in [0.15, 0.2) is 12.7 Å². The van der Waals surface area contributed by atoms with Crippen LogP contribution in [0.4, 0.5) is 0 Å². The molecule has 0 aliphatic rings. The molecule has 0 bridgehead atoms. The third-order valence-electron chi connectivity index (χ3n) is 1.44. The second kappa shape index (κ2) is 9.00. The lowest BCUT2D eigenvalue weighted by Crippen LogP contribution is -2.84. The van der Waals surface area contributed by atoms with Crippen molar-refractivity contribution >= 4 is 16.0 Å². The van der Waals surface area contributed by atoms with Gasteiger partial charge < -0.3 is 25.4 Å². The average Bonchev–Trinajstić information content (AvgIpc) is 2.15. The van der Waals surface area contributed by atoms with Gasteiger partial charge in [0.15, 0.2) is 13.5 Å². The first kappa shape index (κ1) is 19.3. The van der Waals surface area contributed by atoms with Gasteiger partial charge in [0.1, 0.15) is 0 Å². The van der Waals surface area contributed by atoms with Gasteiger partial charge in [0.25, 0.3) is 0 Å². The Labute approximate surface area is 106 Å². The van der Waals surface area contributed by atoms with Crippen LogP contribution in [0.5, 0.6) is 0 Å². The highest BCUT2D eigenvalue weighted by Crippen LogP contribution is 2.05. The number of nitrogens with one attached hydrogen (secondary N) is 1. The van der Waals surface area contributed by atoms with Gasteiger partial charge in [-0.15, -0.1) is 0 Å². The number of hydrogen-bond acceptors (Lipinski definition) is 6. The van der Waals surface area contributed by atoms with E-state index in [2.05, 4.69) is 11.9 Å². The van der Waals surface area contributed by atoms with Crippen molar-refractivity contribution in [1.29, 1.82) is 0 Å². The number of aliphatic hydroxyl groups excluding tert-OH is 2. The minimum Gasteiger partial charge on any atom is -0.748 e. The minimum atomic E-state index is -4.33. The van der Waals surface area contributed by atoms with Crippen LogP contribution in [-0.4, -0.2) is 53.8 Å². The first-order valence-corrected chi connectivity index (χ1v) is 6.57. The first-order chi connectivity index (χ1) is 8.08. The Hall–Kier alpha value is -1.00. The number of amides is 1. The van der Waals surface area contributed by atoms with Crippen molar-refractivity contribution in [2.45, 2.75) is 19.4 Å². The molecular formula is C9H20N2O6S. The summed E-state index contributed by atoms with van der Waals surface area (Å²) in [6.07, 6.45) is 1.01. The summed E-state index contributed by atoms with van der Waals surface area (Å²) in [5.41, 5.74) is -1.06. The van der Waals surface area contributed by atoms with Gasteiger partial charge in [-0.25, -0.2) is 8.42 Å². The molecule has 0 aliphatic carbocycles. The van der Waals surface area contributed by atoms with Crippen LogP contribution in [0.25, 0.3) is 0 Å². The lowest BCUT2D eigenvalue weighted by Gasteiger charge is -2.26. The van der Waals surface area contributed by atoms with Crippen LogP contribution >= 0.6 is 0 Å². The van der Waals surface area contributed by atoms with Crippen LogP contribution in [-0.2, 0) is 14.9 Å². The van der Waals surface area contributed by atoms with E-state index in [1.54, 1.807) is 0 Å². The number of rotatable bonds is 6. The Bertz CT molecular complexity index is 350. The molecule has 1 amide bonds. The van der Waals surface area contributed by atoms with Crippen molar-refractivity contribution in [3.63, 3.8) is 0 Å². The number of nitrogens with two attached hydrogens (primary N) is 1. The van der Waals surface area contributed by atoms with Crippen LogP contribution < -0.4 is 10.6 Å². The highest BCUT2D eigenvalue weighted by atomic mass is 32.2. The van der Waals surface area contributed by atoms with E-state index in [1.165, 1.54) is 19.2 Å². The molecule has 0 atom stereocenters. The molecule has 0 aromatic heterocycles. The van der Waals surface area contributed by atoms with Crippen molar-refractivity contribution in [2.24, 2.45) is 0 Å². The molecule has 0 aliphatic heterocycles. The van der Waals surface area contributed by atoms with E-state index in [1.807, 2.05) is 0 Å². The van der Waals surface area contributed by atoms with Crippen molar-refractivity contribution in [1.82, 2.24) is 5.32 Å². The van der Waals surface area contributed by atoms with E-state index in [9.17, 15) is 17.8 Å². The minimum absolute atomic E-state index is 0.0312. The predicted molar refractivity (Wildman–Crippen MR) is 63.1 cm³/mol. The number of hydrogen-bond donors (Lipinski definition) is 4. The van der Waals surface area contributed by atoms with Crippen molar-refractivity contribution in [2.75, 3.05) is 19.2 Å². The zero-order chi connectivity index (χ0) is 14.8. The summed E-state index contributed by atoms with van der Waals surface area (Å²) >= 11 is 0. The molecule has 0 rings (SSSR count). The Morgan fingerprint density at radius 3 is 2.11 bits per heavy atom. The third kappa shape index (κ3) is 15.0. The van der Waals surface area contributed by atoms with Crippen LogP contribution in [0.1, 0.15) is 13.8 Å². The molecule has 0 aromatic carbocycles. The van der Waals surface area contributed by atoms with E-state index in [-0.39, 0.29) is 13.5 Å². The number of quaternary nitrogens is 1. The quantitative estimate of drug-likeness (QED) is 0.233. The van der Waals surface area contributed by atoms with E-state index >= 15 is 0 Å². The largest absolute Gasteiger partial charge is 0.748 e. The summed E-state index contributed by atoms with van der Waals surface area (Å²) in [5, 5.41) is 19.4. The molecular weight excluding hydrogens is 264 g/mol. The molecule has 5 N–H and O–H groups in total. The zero-order valence-corrected chi connectivity index (χ0v) is 11.2. The fourth-order valence-corrected chi connectivity index (χ4v) is 1.88. The van der Waals surface area contributed by atoms with Gasteiger partial charge in [-0.1, -0.05) is 6.58 Å². The number of carbonyl (C=O) groups excluding carboxylic acids is 1. The third-order valence-corrected chi connectivity index (χ3v) is 2.52. The molecule has 8 nitrogen and oxygen atoms in total. The topological polar surface area (TPSA) is 143 Å². The summed E-state index contributed by atoms with van der Waals surface area (Å²) in [4.78, 5) is 10.8. The molecule has 0 aromatic rings. The van der Waals surface area contributed by atoms with Crippen LogP contribution in [0, 0.1) is 0 Å². The predicted octanol–water partition coefficient (Wildman–Crippen LogP) is -2.94. The maximum absolute atomic E-state index is 10.8. The maximum Gasteiger partial charge on any atom is 0.243 e. The molecule has 0 saturated heterocycles. The fraction of sp³-hybridized carbons (Fsp3) is 0.667. The van der Waals surface area contributed by atoms with Crippen molar-refractivity contribution < 1.29 is 33.3 Å². The number of carbonyl (C=O) groups is 1. The summed E-state index contributed by atoms with van der Waals surface area (Å²) in [6.45, 7) is 6.04. The summed E-state index contributed by atoms with van der Waals surface area (Å²) in [7, 11) is -4.33. The smallest absolute Gasteiger partial charge is 0.243 e. The monoisotopic (exact) mass is 284 g/mol. The van der Waals surface area contributed by atoms with Crippen LogP contribution in [0.2, 0.25) is 0 Å². The second-order valence-corrected chi connectivity index (χ2v) is 5.34. The van der Waals surface area contributed by atoms with E-state index in [0.717, 1.165) is 6.08 Å². The highest BCUT2D eigenvalue weighted by molar-refractivity contribution is 7.85. The SMILES string of the molecule is C=CC(=O)NC(C)(C)CS(=O)(=O)[O-].OC[NH2+]CO. The zero-order valence-electron chi connectivity index (χ0n) is 10.4. The molecule has 0 saturated carbocycles. The van der Waals surface area contributed by atoms with Gasteiger partial charge in [0.05, 0.1) is 15.9 Å². The van der Waals surface area contributed by atoms with E-state index in [4.69, 9.17) is 10.2 Å². The summed E-state index contributed by atoms with van der Waals surface area (Å²) in [5.74, 6) is -1.15. The number of aliphatic hydroxyl groups is 2. The Kier molecular flexibility index (Phi) is 9.67. The van der Waals surface area contributed by atoms with E-state index in [0.29, 0.717) is 0 Å². The van der Waals surface area contributed by atoms with Gasteiger partial charge in [0, 0.05) is 5.54 Å². The second-order valence-electron chi connectivity index (χ2n) is 3.93. The first-order valence-electron chi connectivity index (χ1n) is 4.99. The average molecular weight is 284 g/mol. The summed E-state index contributed by atoms with van der Waals surface area (Å²) in [6, 6.07) is 0.